The van der Waals surface area contributed by atoms with Gasteiger partial charge in [0.1, 0.15) is 18.0 Å². The van der Waals surface area contributed by atoms with Gasteiger partial charge in [0, 0.05) is 25.2 Å². The molecule has 0 bridgehead atoms. The highest BCUT2D eigenvalue weighted by atomic mass is 16.5. The third-order valence-electron chi connectivity index (χ3n) is 4.62. The Bertz CT molecular complexity index is 763. The minimum absolute atomic E-state index is 0.290. The number of nitrogens with one attached hydrogen (secondary N) is 1. The molecular formula is C19H24N4O2. The number of aromatic nitrogens is 2. The van der Waals surface area contributed by atoms with E-state index in [-0.39, 0.29) is 5.97 Å². The fraction of sp³-hybridized carbons (Fsp3) is 0.421. The van der Waals surface area contributed by atoms with Crippen LogP contribution in [0.3, 0.4) is 0 Å². The van der Waals surface area contributed by atoms with Crippen molar-refractivity contribution in [3.8, 4) is 0 Å². The summed E-state index contributed by atoms with van der Waals surface area (Å²) >= 11 is 0. The van der Waals surface area contributed by atoms with Crippen molar-refractivity contribution in [1.29, 1.82) is 0 Å². The zero-order valence-corrected chi connectivity index (χ0v) is 15.0. The number of ether oxygens (including phenoxy) is 1. The number of carbonyl (C=O) groups excluding carboxylic acids is 1. The van der Waals surface area contributed by atoms with Crippen molar-refractivity contribution in [2.24, 2.45) is 0 Å². The summed E-state index contributed by atoms with van der Waals surface area (Å²) in [6.45, 7) is 5.91. The first kappa shape index (κ1) is 17.2. The Kier molecular flexibility index (Phi) is 5.16. The Hall–Kier alpha value is -2.63. The van der Waals surface area contributed by atoms with Gasteiger partial charge in [-0.25, -0.2) is 14.8 Å². The lowest BCUT2D eigenvalue weighted by atomic mass is 9.97. The summed E-state index contributed by atoms with van der Waals surface area (Å²) in [6.07, 6.45) is 3.52. The molecule has 0 amide bonds. The summed E-state index contributed by atoms with van der Waals surface area (Å²) in [6, 6.07) is 8.15. The average molecular weight is 340 g/mol. The van der Waals surface area contributed by atoms with E-state index in [9.17, 15) is 4.79 Å². The number of carbonyl (C=O) groups is 1. The number of nitrogens with zero attached hydrogens (tertiary/aromatic N) is 3. The molecule has 132 valence electrons. The van der Waals surface area contributed by atoms with Crippen LogP contribution in [0.15, 0.2) is 30.6 Å². The fourth-order valence-corrected chi connectivity index (χ4v) is 2.95. The predicted octanol–water partition coefficient (Wildman–Crippen LogP) is 3.04. The number of methoxy groups -OCH3 is 1. The SMILES string of the molecule is CC[C@@H](C)Nc1cc(N2CCc3cc(C(=O)OC)ccc3C2)ncn1. The van der Waals surface area contributed by atoms with Crippen molar-refractivity contribution in [1.82, 2.24) is 9.97 Å². The molecule has 2 heterocycles. The Morgan fingerprint density at radius 1 is 1.32 bits per heavy atom. The smallest absolute Gasteiger partial charge is 0.337 e. The lowest BCUT2D eigenvalue weighted by Gasteiger charge is -2.30. The van der Waals surface area contributed by atoms with Crippen molar-refractivity contribution in [3.05, 3.63) is 47.3 Å². The largest absolute Gasteiger partial charge is 0.465 e. The number of benzene rings is 1. The van der Waals surface area contributed by atoms with E-state index in [0.29, 0.717) is 11.6 Å². The molecule has 3 rings (SSSR count). The predicted molar refractivity (Wildman–Crippen MR) is 97.9 cm³/mol. The van der Waals surface area contributed by atoms with E-state index in [2.05, 4.69) is 34.0 Å². The van der Waals surface area contributed by atoms with Crippen LogP contribution in [0.5, 0.6) is 0 Å². The van der Waals surface area contributed by atoms with Crippen LogP contribution in [0.1, 0.15) is 41.8 Å². The number of hydrogen-bond acceptors (Lipinski definition) is 6. The molecule has 0 saturated carbocycles. The third kappa shape index (κ3) is 3.90. The molecule has 0 saturated heterocycles. The summed E-state index contributed by atoms with van der Waals surface area (Å²) < 4.78 is 4.80. The maximum absolute atomic E-state index is 11.7. The highest BCUT2D eigenvalue weighted by Gasteiger charge is 2.19. The number of hydrogen-bond donors (Lipinski definition) is 1. The standard InChI is InChI=1S/C19H24N4O2/c1-4-13(2)22-17-10-18(21-12-20-17)23-8-7-14-9-15(19(24)25-3)5-6-16(14)11-23/h5-6,9-10,12-13H,4,7-8,11H2,1-3H3,(H,20,21,22)/t13-/m1/s1. The maximum atomic E-state index is 11.7. The second-order valence-corrected chi connectivity index (χ2v) is 6.36. The minimum Gasteiger partial charge on any atom is -0.465 e. The maximum Gasteiger partial charge on any atom is 0.337 e. The van der Waals surface area contributed by atoms with Crippen LogP contribution in [-0.2, 0) is 17.7 Å². The molecule has 1 aliphatic rings. The molecule has 0 unspecified atom stereocenters. The van der Waals surface area contributed by atoms with E-state index in [1.807, 2.05) is 24.3 Å². The number of rotatable bonds is 5. The van der Waals surface area contributed by atoms with Crippen LogP contribution in [0.2, 0.25) is 0 Å². The second kappa shape index (κ2) is 7.51. The van der Waals surface area contributed by atoms with Crippen LogP contribution in [0.25, 0.3) is 0 Å². The van der Waals surface area contributed by atoms with Gasteiger partial charge in [0.2, 0.25) is 0 Å². The first-order chi connectivity index (χ1) is 12.1. The number of esters is 1. The van der Waals surface area contributed by atoms with Crippen LogP contribution in [0, 0.1) is 0 Å². The van der Waals surface area contributed by atoms with Gasteiger partial charge in [0.15, 0.2) is 0 Å². The van der Waals surface area contributed by atoms with Gasteiger partial charge in [0.25, 0.3) is 0 Å². The lowest BCUT2D eigenvalue weighted by molar-refractivity contribution is 0.0600. The molecule has 25 heavy (non-hydrogen) atoms. The summed E-state index contributed by atoms with van der Waals surface area (Å²) in [4.78, 5) is 22.7. The Labute approximate surface area is 148 Å². The zero-order chi connectivity index (χ0) is 17.8. The van der Waals surface area contributed by atoms with Crippen LogP contribution in [0.4, 0.5) is 11.6 Å². The summed E-state index contributed by atoms with van der Waals surface area (Å²) in [5, 5.41) is 3.39. The van der Waals surface area contributed by atoms with Gasteiger partial charge < -0.3 is 15.0 Å². The van der Waals surface area contributed by atoms with Gasteiger partial charge >= 0.3 is 5.97 Å². The molecule has 2 aromatic rings. The highest BCUT2D eigenvalue weighted by molar-refractivity contribution is 5.89. The number of fused-ring (bicyclic) bond motifs is 1. The van der Waals surface area contributed by atoms with Crippen molar-refractivity contribution in [2.45, 2.75) is 39.3 Å². The molecule has 0 aliphatic carbocycles. The molecule has 1 aromatic carbocycles. The van der Waals surface area contributed by atoms with E-state index in [0.717, 1.165) is 37.6 Å². The molecule has 0 fully saturated rings. The van der Waals surface area contributed by atoms with E-state index in [1.54, 1.807) is 6.33 Å². The zero-order valence-electron chi connectivity index (χ0n) is 15.0. The quantitative estimate of drug-likeness (QED) is 0.844. The van der Waals surface area contributed by atoms with E-state index >= 15 is 0 Å². The molecular weight excluding hydrogens is 316 g/mol. The molecule has 6 nitrogen and oxygen atoms in total. The third-order valence-corrected chi connectivity index (χ3v) is 4.62. The van der Waals surface area contributed by atoms with Crippen molar-refractivity contribution >= 4 is 17.6 Å². The van der Waals surface area contributed by atoms with Crippen LogP contribution in [-0.4, -0.2) is 35.6 Å². The summed E-state index contributed by atoms with van der Waals surface area (Å²) in [5.74, 6) is 1.48. The molecule has 1 N–H and O–H groups in total. The Morgan fingerprint density at radius 3 is 2.92 bits per heavy atom. The van der Waals surface area contributed by atoms with Crippen LogP contribution >= 0.6 is 0 Å². The van der Waals surface area contributed by atoms with Gasteiger partial charge in [-0.1, -0.05) is 13.0 Å². The second-order valence-electron chi connectivity index (χ2n) is 6.36. The highest BCUT2D eigenvalue weighted by Crippen LogP contribution is 2.25. The van der Waals surface area contributed by atoms with Gasteiger partial charge in [-0.15, -0.1) is 0 Å². The molecule has 1 atom stereocenters. The van der Waals surface area contributed by atoms with Crippen molar-refractivity contribution in [2.75, 3.05) is 23.9 Å². The molecule has 1 aromatic heterocycles. The van der Waals surface area contributed by atoms with E-state index < -0.39 is 0 Å². The first-order valence-corrected chi connectivity index (χ1v) is 8.64. The van der Waals surface area contributed by atoms with E-state index in [1.165, 1.54) is 18.2 Å². The molecule has 0 spiro atoms. The first-order valence-electron chi connectivity index (χ1n) is 8.64. The molecule has 1 aliphatic heterocycles. The Balaban J connectivity index is 1.76. The van der Waals surface area contributed by atoms with Crippen molar-refractivity contribution < 1.29 is 9.53 Å². The van der Waals surface area contributed by atoms with Gasteiger partial charge in [0.05, 0.1) is 12.7 Å². The van der Waals surface area contributed by atoms with Crippen LogP contribution < -0.4 is 10.2 Å². The minimum atomic E-state index is -0.290. The van der Waals surface area contributed by atoms with Gasteiger partial charge in [-0.05, 0) is 43.0 Å². The van der Waals surface area contributed by atoms with Gasteiger partial charge in [-0.3, -0.25) is 0 Å². The topological polar surface area (TPSA) is 67.4 Å². The Morgan fingerprint density at radius 2 is 2.16 bits per heavy atom. The normalized spacial score (nSPS) is 14.6. The molecule has 0 radical (unpaired) electrons. The molecule has 6 heteroatoms. The monoisotopic (exact) mass is 340 g/mol. The van der Waals surface area contributed by atoms with Gasteiger partial charge in [-0.2, -0.15) is 0 Å². The lowest BCUT2D eigenvalue weighted by Crippen LogP contribution is -2.31. The average Bonchev–Trinajstić information content (AvgIpc) is 2.66. The summed E-state index contributed by atoms with van der Waals surface area (Å²) in [7, 11) is 1.41. The fourth-order valence-electron chi connectivity index (χ4n) is 2.95. The summed E-state index contributed by atoms with van der Waals surface area (Å²) in [5.41, 5.74) is 3.02. The van der Waals surface area contributed by atoms with Crippen molar-refractivity contribution in [3.63, 3.8) is 0 Å². The van der Waals surface area contributed by atoms with E-state index in [4.69, 9.17) is 4.74 Å². The number of anilines is 2.